The van der Waals surface area contributed by atoms with Crippen LogP contribution in [0.15, 0.2) is 53.9 Å². The molecule has 0 radical (unpaired) electrons. The zero-order valence-electron chi connectivity index (χ0n) is 16.7. The van der Waals surface area contributed by atoms with Crippen LogP contribution in [-0.2, 0) is 11.2 Å². The summed E-state index contributed by atoms with van der Waals surface area (Å²) in [6.45, 7) is 3.90. The average molecular weight is 422 g/mol. The van der Waals surface area contributed by atoms with Crippen molar-refractivity contribution in [2.75, 3.05) is 26.2 Å². The summed E-state index contributed by atoms with van der Waals surface area (Å²) in [5.41, 5.74) is 3.32. The Bertz CT molecular complexity index is 1050. The molecule has 0 saturated carbocycles. The normalized spacial score (nSPS) is 14.0. The Morgan fingerprint density at radius 2 is 1.67 bits per heavy atom. The lowest BCUT2D eigenvalue weighted by atomic mass is 10.1. The maximum atomic E-state index is 12.7. The first-order valence-electron chi connectivity index (χ1n) is 9.88. The van der Waals surface area contributed by atoms with Crippen molar-refractivity contribution in [3.63, 3.8) is 0 Å². The molecule has 1 fully saturated rings. The van der Waals surface area contributed by atoms with E-state index in [4.69, 9.17) is 0 Å². The first-order valence-corrected chi connectivity index (χ1v) is 10.8. The van der Waals surface area contributed by atoms with Crippen LogP contribution in [0.2, 0.25) is 0 Å². The van der Waals surface area contributed by atoms with Gasteiger partial charge in [0.05, 0.1) is 17.7 Å². The standard InChI is InChI=1S/C23H23N3O3S/c1-16-6-8-17(9-7-16)22-24-18(15-30-22)14-21(28)25-10-12-26(13-11-25)23(29)19-4-2-3-5-20(19)27/h2-9,15,27H,10-14H2,1H3. The highest BCUT2D eigenvalue weighted by atomic mass is 32.1. The molecular weight excluding hydrogens is 398 g/mol. The molecule has 0 atom stereocenters. The predicted molar refractivity (Wildman–Crippen MR) is 117 cm³/mol. The van der Waals surface area contributed by atoms with Crippen LogP contribution in [0.3, 0.4) is 0 Å². The minimum Gasteiger partial charge on any atom is -0.507 e. The second kappa shape index (κ2) is 8.67. The van der Waals surface area contributed by atoms with Gasteiger partial charge in [0.1, 0.15) is 10.8 Å². The Balaban J connectivity index is 1.33. The number of aryl methyl sites for hydroxylation is 1. The number of benzene rings is 2. The average Bonchev–Trinajstić information content (AvgIpc) is 3.22. The zero-order valence-corrected chi connectivity index (χ0v) is 17.6. The second-order valence-electron chi connectivity index (χ2n) is 7.38. The molecule has 1 aliphatic heterocycles. The number of aromatic hydroxyl groups is 1. The number of hydrogen-bond donors (Lipinski definition) is 1. The molecule has 1 N–H and O–H groups in total. The molecule has 6 nitrogen and oxygen atoms in total. The van der Waals surface area contributed by atoms with Gasteiger partial charge in [-0.05, 0) is 19.1 Å². The number of carbonyl (C=O) groups excluding carboxylic acids is 2. The Morgan fingerprint density at radius 3 is 2.37 bits per heavy atom. The minimum absolute atomic E-state index is 0.0189. The summed E-state index contributed by atoms with van der Waals surface area (Å²) in [7, 11) is 0. The highest BCUT2D eigenvalue weighted by molar-refractivity contribution is 7.13. The molecule has 0 aliphatic carbocycles. The van der Waals surface area contributed by atoms with Crippen LogP contribution in [-0.4, -0.2) is 57.9 Å². The molecule has 3 aromatic rings. The maximum absolute atomic E-state index is 12.7. The van der Waals surface area contributed by atoms with E-state index in [0.29, 0.717) is 31.7 Å². The number of phenols is 1. The quantitative estimate of drug-likeness (QED) is 0.701. The van der Waals surface area contributed by atoms with Gasteiger partial charge in [-0.15, -0.1) is 11.3 Å². The third-order valence-electron chi connectivity index (χ3n) is 5.24. The number of nitrogens with zero attached hydrogens (tertiary/aromatic N) is 3. The SMILES string of the molecule is Cc1ccc(-c2nc(CC(=O)N3CCN(C(=O)c4ccccc4O)CC3)cs2)cc1. The molecule has 4 rings (SSSR count). The molecule has 0 bridgehead atoms. The summed E-state index contributed by atoms with van der Waals surface area (Å²) < 4.78 is 0. The van der Waals surface area contributed by atoms with Crippen molar-refractivity contribution in [3.05, 3.63) is 70.7 Å². The number of aromatic nitrogens is 1. The lowest BCUT2D eigenvalue weighted by Gasteiger charge is -2.34. The van der Waals surface area contributed by atoms with E-state index < -0.39 is 0 Å². The molecule has 0 spiro atoms. The first kappa shape index (κ1) is 20.1. The van der Waals surface area contributed by atoms with E-state index in [9.17, 15) is 14.7 Å². The molecule has 2 aromatic carbocycles. The van der Waals surface area contributed by atoms with Gasteiger partial charge < -0.3 is 14.9 Å². The summed E-state index contributed by atoms with van der Waals surface area (Å²) >= 11 is 1.54. The zero-order chi connectivity index (χ0) is 21.1. The molecule has 2 amide bonds. The summed E-state index contributed by atoms with van der Waals surface area (Å²) in [6, 6.07) is 14.7. The van der Waals surface area contributed by atoms with Gasteiger partial charge in [0, 0.05) is 37.1 Å². The minimum atomic E-state index is -0.206. The number of phenolic OH excluding ortho intramolecular Hbond substituents is 1. The number of carbonyl (C=O) groups is 2. The van der Waals surface area contributed by atoms with Crippen molar-refractivity contribution in [3.8, 4) is 16.3 Å². The van der Waals surface area contributed by atoms with Gasteiger partial charge in [0.15, 0.2) is 0 Å². The van der Waals surface area contributed by atoms with Gasteiger partial charge in [0.2, 0.25) is 5.91 Å². The molecule has 7 heteroatoms. The van der Waals surface area contributed by atoms with Crippen LogP contribution in [0.5, 0.6) is 5.75 Å². The van der Waals surface area contributed by atoms with E-state index >= 15 is 0 Å². The molecule has 1 aromatic heterocycles. The van der Waals surface area contributed by atoms with E-state index in [2.05, 4.69) is 17.1 Å². The third kappa shape index (κ3) is 4.36. The van der Waals surface area contributed by atoms with E-state index in [1.807, 2.05) is 24.4 Å². The largest absolute Gasteiger partial charge is 0.507 e. The van der Waals surface area contributed by atoms with Crippen molar-refractivity contribution >= 4 is 23.2 Å². The molecule has 154 valence electrons. The molecular formula is C23H23N3O3S. The number of piperazine rings is 1. The van der Waals surface area contributed by atoms with Gasteiger partial charge in [-0.2, -0.15) is 0 Å². The van der Waals surface area contributed by atoms with Crippen LogP contribution in [0.1, 0.15) is 21.6 Å². The van der Waals surface area contributed by atoms with Crippen LogP contribution in [0.4, 0.5) is 0 Å². The van der Waals surface area contributed by atoms with E-state index in [0.717, 1.165) is 16.3 Å². The van der Waals surface area contributed by atoms with Crippen LogP contribution < -0.4 is 0 Å². The fourth-order valence-corrected chi connectivity index (χ4v) is 4.29. The summed E-state index contributed by atoms with van der Waals surface area (Å²) in [5, 5.41) is 12.7. The van der Waals surface area contributed by atoms with Crippen molar-refractivity contribution in [2.24, 2.45) is 0 Å². The predicted octanol–water partition coefficient (Wildman–Crippen LogP) is 3.35. The van der Waals surface area contributed by atoms with Gasteiger partial charge in [0.25, 0.3) is 5.91 Å². The molecule has 1 aliphatic rings. The molecule has 2 heterocycles. The van der Waals surface area contributed by atoms with E-state index in [-0.39, 0.29) is 24.0 Å². The van der Waals surface area contributed by atoms with E-state index in [1.165, 1.54) is 11.6 Å². The third-order valence-corrected chi connectivity index (χ3v) is 6.18. The summed E-state index contributed by atoms with van der Waals surface area (Å²) in [6.07, 6.45) is 0.260. The van der Waals surface area contributed by atoms with Gasteiger partial charge in [-0.3, -0.25) is 9.59 Å². The maximum Gasteiger partial charge on any atom is 0.257 e. The highest BCUT2D eigenvalue weighted by Crippen LogP contribution is 2.24. The molecule has 0 unspecified atom stereocenters. The Labute approximate surface area is 179 Å². The number of amides is 2. The lowest BCUT2D eigenvalue weighted by Crippen LogP contribution is -2.51. The smallest absolute Gasteiger partial charge is 0.257 e. The fourth-order valence-electron chi connectivity index (χ4n) is 3.47. The van der Waals surface area contributed by atoms with Gasteiger partial charge in [-0.25, -0.2) is 4.98 Å². The topological polar surface area (TPSA) is 73.7 Å². The molecule has 30 heavy (non-hydrogen) atoms. The van der Waals surface area contributed by atoms with Crippen LogP contribution >= 0.6 is 11.3 Å². The number of rotatable bonds is 4. The van der Waals surface area contributed by atoms with Crippen molar-refractivity contribution in [1.29, 1.82) is 0 Å². The second-order valence-corrected chi connectivity index (χ2v) is 8.24. The lowest BCUT2D eigenvalue weighted by molar-refractivity contribution is -0.132. The Morgan fingerprint density at radius 1 is 1.00 bits per heavy atom. The number of para-hydroxylation sites is 1. The Hall–Kier alpha value is -3.19. The van der Waals surface area contributed by atoms with Crippen molar-refractivity contribution < 1.29 is 14.7 Å². The van der Waals surface area contributed by atoms with Crippen LogP contribution in [0, 0.1) is 6.92 Å². The van der Waals surface area contributed by atoms with Crippen molar-refractivity contribution in [2.45, 2.75) is 13.3 Å². The van der Waals surface area contributed by atoms with Gasteiger partial charge in [-0.1, -0.05) is 42.0 Å². The van der Waals surface area contributed by atoms with Crippen molar-refractivity contribution in [1.82, 2.24) is 14.8 Å². The monoisotopic (exact) mass is 421 g/mol. The molecule has 1 saturated heterocycles. The highest BCUT2D eigenvalue weighted by Gasteiger charge is 2.26. The number of thiazole rings is 1. The van der Waals surface area contributed by atoms with Crippen LogP contribution in [0.25, 0.3) is 10.6 Å². The van der Waals surface area contributed by atoms with Gasteiger partial charge >= 0.3 is 0 Å². The first-order chi connectivity index (χ1) is 14.5. The summed E-state index contributed by atoms with van der Waals surface area (Å²) in [4.78, 5) is 33.4. The number of hydrogen-bond acceptors (Lipinski definition) is 5. The summed E-state index contributed by atoms with van der Waals surface area (Å²) in [5.74, 6) is -0.207. The Kier molecular flexibility index (Phi) is 5.81. The van der Waals surface area contributed by atoms with E-state index in [1.54, 1.807) is 39.3 Å². The fraction of sp³-hybridized carbons (Fsp3) is 0.261.